The van der Waals surface area contributed by atoms with E-state index in [1.165, 1.54) is 0 Å². The molecule has 0 spiro atoms. The number of hydrogen-bond donors (Lipinski definition) is 1. The van der Waals surface area contributed by atoms with Crippen molar-refractivity contribution in [3.63, 3.8) is 0 Å². The molecule has 0 bridgehead atoms. The molecule has 1 aromatic heterocycles. The maximum absolute atomic E-state index is 5.99. The Morgan fingerprint density at radius 1 is 1.77 bits per heavy atom. The molecule has 0 aromatic carbocycles. The maximum atomic E-state index is 5.99. The van der Waals surface area contributed by atoms with E-state index in [9.17, 15) is 0 Å². The molecule has 2 N–H and O–H groups in total. The smallest absolute Gasteiger partial charge is 0.137 e. The van der Waals surface area contributed by atoms with E-state index in [0.717, 1.165) is 12.2 Å². The van der Waals surface area contributed by atoms with Crippen LogP contribution in [-0.4, -0.2) is 17.1 Å². The van der Waals surface area contributed by atoms with Gasteiger partial charge in [-0.15, -0.1) is 0 Å². The first-order chi connectivity index (χ1) is 6.21. The van der Waals surface area contributed by atoms with Gasteiger partial charge in [-0.3, -0.25) is 4.98 Å². The van der Waals surface area contributed by atoms with E-state index in [2.05, 4.69) is 11.9 Å². The number of ether oxygens (including phenoxy) is 1. The van der Waals surface area contributed by atoms with Crippen LogP contribution in [0.1, 0.15) is 13.3 Å². The molecule has 3 heteroatoms. The van der Waals surface area contributed by atoms with Crippen molar-refractivity contribution < 1.29 is 4.74 Å². The summed E-state index contributed by atoms with van der Waals surface area (Å²) in [6, 6.07) is 3.75. The van der Waals surface area contributed by atoms with E-state index in [1.54, 1.807) is 12.4 Å². The highest BCUT2D eigenvalue weighted by molar-refractivity contribution is 5.17. The molecule has 0 unspecified atom stereocenters. The standard InChI is InChI=1S/C10H14N2O/c1-8-5-10(8,11)7-13-9-3-2-4-12-6-9/h2-4,6,8H,5,7,11H2,1H3/t8-,10+/m0/s1. The van der Waals surface area contributed by atoms with Crippen molar-refractivity contribution in [3.05, 3.63) is 24.5 Å². The van der Waals surface area contributed by atoms with Crippen LogP contribution in [0.25, 0.3) is 0 Å². The fourth-order valence-corrected chi connectivity index (χ4v) is 1.36. The third-order valence-corrected chi connectivity index (χ3v) is 2.65. The van der Waals surface area contributed by atoms with Crippen molar-refractivity contribution in [2.45, 2.75) is 18.9 Å². The van der Waals surface area contributed by atoms with Crippen LogP contribution in [0.4, 0.5) is 0 Å². The Morgan fingerprint density at radius 3 is 3.08 bits per heavy atom. The number of pyridine rings is 1. The summed E-state index contributed by atoms with van der Waals surface area (Å²) in [5.41, 5.74) is 5.91. The molecule has 0 amide bonds. The Bertz CT molecular complexity index is 288. The van der Waals surface area contributed by atoms with Gasteiger partial charge in [0.1, 0.15) is 12.4 Å². The van der Waals surface area contributed by atoms with Gasteiger partial charge in [-0.2, -0.15) is 0 Å². The number of nitrogens with two attached hydrogens (primary N) is 1. The van der Waals surface area contributed by atoms with E-state index >= 15 is 0 Å². The van der Waals surface area contributed by atoms with E-state index in [0.29, 0.717) is 12.5 Å². The van der Waals surface area contributed by atoms with Crippen LogP contribution in [0.2, 0.25) is 0 Å². The molecule has 3 nitrogen and oxygen atoms in total. The molecule has 1 saturated carbocycles. The van der Waals surface area contributed by atoms with Crippen LogP contribution >= 0.6 is 0 Å². The normalized spacial score (nSPS) is 31.4. The minimum atomic E-state index is -0.0875. The lowest BCUT2D eigenvalue weighted by atomic mass is 10.2. The minimum Gasteiger partial charge on any atom is -0.490 e. The Balaban J connectivity index is 1.87. The van der Waals surface area contributed by atoms with Crippen LogP contribution in [0.5, 0.6) is 5.75 Å². The van der Waals surface area contributed by atoms with Crippen LogP contribution < -0.4 is 10.5 Å². The van der Waals surface area contributed by atoms with Gasteiger partial charge in [-0.25, -0.2) is 0 Å². The Hall–Kier alpha value is -1.09. The SMILES string of the molecule is C[C@H]1C[C@@]1(N)COc1cccnc1. The van der Waals surface area contributed by atoms with Crippen molar-refractivity contribution in [3.8, 4) is 5.75 Å². The summed E-state index contributed by atoms with van der Waals surface area (Å²) >= 11 is 0. The average Bonchev–Trinajstić information content (AvgIpc) is 2.74. The molecule has 2 rings (SSSR count). The number of rotatable bonds is 3. The van der Waals surface area contributed by atoms with Crippen molar-refractivity contribution in [1.82, 2.24) is 4.98 Å². The summed E-state index contributed by atoms with van der Waals surface area (Å²) in [6.07, 6.45) is 4.49. The lowest BCUT2D eigenvalue weighted by molar-refractivity contribution is 0.270. The summed E-state index contributed by atoms with van der Waals surface area (Å²) in [5, 5.41) is 0. The highest BCUT2D eigenvalue weighted by Crippen LogP contribution is 2.40. The lowest BCUT2D eigenvalue weighted by Gasteiger charge is -2.11. The largest absolute Gasteiger partial charge is 0.490 e. The van der Waals surface area contributed by atoms with Crippen molar-refractivity contribution >= 4 is 0 Å². The highest BCUT2D eigenvalue weighted by Gasteiger charge is 2.48. The molecule has 13 heavy (non-hydrogen) atoms. The van der Waals surface area contributed by atoms with Gasteiger partial charge in [0.2, 0.25) is 0 Å². The van der Waals surface area contributed by atoms with Crippen LogP contribution in [-0.2, 0) is 0 Å². The molecule has 1 heterocycles. The second-order valence-corrected chi connectivity index (χ2v) is 3.82. The van der Waals surface area contributed by atoms with Crippen LogP contribution in [0, 0.1) is 5.92 Å². The zero-order valence-electron chi connectivity index (χ0n) is 7.73. The summed E-state index contributed by atoms with van der Waals surface area (Å²) in [5.74, 6) is 1.38. The monoisotopic (exact) mass is 178 g/mol. The van der Waals surface area contributed by atoms with E-state index in [-0.39, 0.29) is 5.54 Å². The van der Waals surface area contributed by atoms with Crippen LogP contribution in [0.3, 0.4) is 0 Å². The third kappa shape index (κ3) is 1.80. The summed E-state index contributed by atoms with van der Waals surface area (Å²) in [4.78, 5) is 3.96. The number of hydrogen-bond acceptors (Lipinski definition) is 3. The first-order valence-electron chi connectivity index (χ1n) is 4.52. The van der Waals surface area contributed by atoms with Gasteiger partial charge in [0.15, 0.2) is 0 Å². The molecule has 0 saturated heterocycles. The van der Waals surface area contributed by atoms with Gasteiger partial charge in [0, 0.05) is 6.20 Å². The predicted octanol–water partition coefficient (Wildman–Crippen LogP) is 1.20. The molecule has 1 aliphatic rings. The van der Waals surface area contributed by atoms with Crippen molar-refractivity contribution in [2.75, 3.05) is 6.61 Å². The first-order valence-corrected chi connectivity index (χ1v) is 4.52. The fraction of sp³-hybridized carbons (Fsp3) is 0.500. The number of nitrogens with zero attached hydrogens (tertiary/aromatic N) is 1. The quantitative estimate of drug-likeness (QED) is 0.756. The van der Waals surface area contributed by atoms with Crippen LogP contribution in [0.15, 0.2) is 24.5 Å². The second kappa shape index (κ2) is 3.00. The maximum Gasteiger partial charge on any atom is 0.137 e. The molecule has 0 radical (unpaired) electrons. The topological polar surface area (TPSA) is 48.1 Å². The minimum absolute atomic E-state index is 0.0875. The second-order valence-electron chi connectivity index (χ2n) is 3.82. The average molecular weight is 178 g/mol. The Kier molecular flexibility index (Phi) is 1.96. The molecule has 1 aromatic rings. The Labute approximate surface area is 77.9 Å². The molecule has 70 valence electrons. The van der Waals surface area contributed by atoms with Crippen molar-refractivity contribution in [2.24, 2.45) is 11.7 Å². The van der Waals surface area contributed by atoms with Crippen molar-refractivity contribution in [1.29, 1.82) is 0 Å². The molecular weight excluding hydrogens is 164 g/mol. The van der Waals surface area contributed by atoms with Gasteiger partial charge < -0.3 is 10.5 Å². The molecule has 1 aliphatic carbocycles. The Morgan fingerprint density at radius 2 is 2.54 bits per heavy atom. The van der Waals surface area contributed by atoms with Gasteiger partial charge in [0.05, 0.1) is 11.7 Å². The van der Waals surface area contributed by atoms with Gasteiger partial charge in [-0.05, 0) is 24.5 Å². The molecule has 1 fully saturated rings. The summed E-state index contributed by atoms with van der Waals surface area (Å²) < 4.78 is 5.52. The fourth-order valence-electron chi connectivity index (χ4n) is 1.36. The zero-order valence-corrected chi connectivity index (χ0v) is 7.73. The first kappa shape index (κ1) is 8.51. The lowest BCUT2D eigenvalue weighted by Crippen LogP contribution is -2.32. The van der Waals surface area contributed by atoms with E-state index in [1.807, 2.05) is 12.1 Å². The van der Waals surface area contributed by atoms with Gasteiger partial charge in [-0.1, -0.05) is 6.92 Å². The molecular formula is C10H14N2O. The van der Waals surface area contributed by atoms with E-state index in [4.69, 9.17) is 10.5 Å². The number of aromatic nitrogens is 1. The molecule has 0 aliphatic heterocycles. The molecule has 2 atom stereocenters. The zero-order chi connectivity index (χ0) is 9.31. The predicted molar refractivity (Wildman–Crippen MR) is 50.4 cm³/mol. The highest BCUT2D eigenvalue weighted by atomic mass is 16.5. The third-order valence-electron chi connectivity index (χ3n) is 2.65. The van der Waals surface area contributed by atoms with Gasteiger partial charge in [0.25, 0.3) is 0 Å². The summed E-state index contributed by atoms with van der Waals surface area (Å²) in [7, 11) is 0. The van der Waals surface area contributed by atoms with Gasteiger partial charge >= 0.3 is 0 Å². The summed E-state index contributed by atoms with van der Waals surface area (Å²) in [6.45, 7) is 2.74. The van der Waals surface area contributed by atoms with E-state index < -0.39 is 0 Å².